The van der Waals surface area contributed by atoms with Crippen molar-refractivity contribution in [3.8, 4) is 0 Å². The maximum Gasteiger partial charge on any atom is 0.134 e. The first kappa shape index (κ1) is 13.5. The van der Waals surface area contributed by atoms with Gasteiger partial charge in [-0.1, -0.05) is 25.1 Å². The number of hydrogen-bond donors (Lipinski definition) is 1. The average Bonchev–Trinajstić information content (AvgIpc) is 2.82. The topological polar surface area (TPSA) is 25.2 Å². The minimum atomic E-state index is 0.259. The molecule has 3 heteroatoms. The lowest BCUT2D eigenvalue weighted by Gasteiger charge is -2.20. The number of para-hydroxylation sites is 1. The highest BCUT2D eigenvalue weighted by molar-refractivity contribution is 7.98. The minimum absolute atomic E-state index is 0.259. The number of rotatable bonds is 6. The molecular formula is C15H21NOS. The highest BCUT2D eigenvalue weighted by Gasteiger charge is 2.15. The smallest absolute Gasteiger partial charge is 0.134 e. The Morgan fingerprint density at radius 1 is 1.33 bits per heavy atom. The molecule has 0 aliphatic heterocycles. The Bertz CT molecular complexity index is 461. The van der Waals surface area contributed by atoms with Gasteiger partial charge >= 0.3 is 0 Å². The van der Waals surface area contributed by atoms with E-state index in [-0.39, 0.29) is 6.04 Å². The van der Waals surface area contributed by atoms with Gasteiger partial charge < -0.3 is 9.73 Å². The van der Waals surface area contributed by atoms with E-state index in [0.717, 1.165) is 23.5 Å². The molecule has 0 spiro atoms. The largest absolute Gasteiger partial charge is 0.459 e. The van der Waals surface area contributed by atoms with Crippen molar-refractivity contribution in [2.45, 2.75) is 32.4 Å². The summed E-state index contributed by atoms with van der Waals surface area (Å²) in [7, 11) is 0. The Morgan fingerprint density at radius 3 is 2.78 bits per heavy atom. The predicted molar refractivity (Wildman–Crippen MR) is 80.2 cm³/mol. The summed E-state index contributed by atoms with van der Waals surface area (Å²) >= 11 is 1.88. The molecule has 1 N–H and O–H groups in total. The van der Waals surface area contributed by atoms with Crippen LogP contribution in [0.5, 0.6) is 0 Å². The van der Waals surface area contributed by atoms with Crippen LogP contribution in [-0.4, -0.2) is 18.1 Å². The van der Waals surface area contributed by atoms with Crippen LogP contribution in [0.2, 0.25) is 0 Å². The average molecular weight is 263 g/mol. The van der Waals surface area contributed by atoms with Crippen LogP contribution >= 0.6 is 11.8 Å². The quantitative estimate of drug-likeness (QED) is 0.844. The van der Waals surface area contributed by atoms with Gasteiger partial charge in [0.15, 0.2) is 0 Å². The van der Waals surface area contributed by atoms with E-state index < -0.39 is 0 Å². The molecule has 1 aromatic carbocycles. The van der Waals surface area contributed by atoms with Crippen LogP contribution in [0.15, 0.2) is 34.7 Å². The summed E-state index contributed by atoms with van der Waals surface area (Å²) in [6.45, 7) is 4.39. The summed E-state index contributed by atoms with van der Waals surface area (Å²) in [6, 6.07) is 11.1. The highest BCUT2D eigenvalue weighted by Crippen LogP contribution is 2.24. The van der Waals surface area contributed by atoms with Crippen LogP contribution in [0, 0.1) is 0 Å². The van der Waals surface area contributed by atoms with Crippen LogP contribution in [0.1, 0.15) is 32.1 Å². The number of benzene rings is 1. The lowest BCUT2D eigenvalue weighted by molar-refractivity contribution is 0.409. The zero-order valence-electron chi connectivity index (χ0n) is 11.3. The third-order valence-electron chi connectivity index (χ3n) is 3.22. The summed E-state index contributed by atoms with van der Waals surface area (Å²) in [6.07, 6.45) is 3.29. The molecule has 18 heavy (non-hydrogen) atoms. The van der Waals surface area contributed by atoms with Crippen molar-refractivity contribution in [3.05, 3.63) is 36.1 Å². The molecule has 0 amide bonds. The molecule has 1 aromatic heterocycles. The number of nitrogens with one attached hydrogen (secondary N) is 1. The predicted octanol–water partition coefficient (Wildman–Crippen LogP) is 4.23. The van der Waals surface area contributed by atoms with Gasteiger partial charge in [-0.15, -0.1) is 0 Å². The van der Waals surface area contributed by atoms with Crippen LogP contribution in [-0.2, 0) is 0 Å². The van der Waals surface area contributed by atoms with Gasteiger partial charge in [-0.05, 0) is 31.7 Å². The third kappa shape index (κ3) is 3.09. The van der Waals surface area contributed by atoms with Crippen molar-refractivity contribution in [1.82, 2.24) is 5.32 Å². The van der Waals surface area contributed by atoms with E-state index in [1.807, 2.05) is 30.0 Å². The molecule has 1 heterocycles. The fourth-order valence-electron chi connectivity index (χ4n) is 2.14. The zero-order chi connectivity index (χ0) is 13.0. The standard InChI is InChI=1S/C15H21NOS/c1-4-13(10-18-3)16-11(2)15-9-12-7-5-6-8-14(12)17-15/h5-9,11,13,16H,4,10H2,1-3H3. The minimum Gasteiger partial charge on any atom is -0.459 e. The van der Waals surface area contributed by atoms with Crippen molar-refractivity contribution >= 4 is 22.7 Å². The SMILES string of the molecule is CCC(CSC)NC(C)c1cc2ccccc2o1. The van der Waals surface area contributed by atoms with E-state index >= 15 is 0 Å². The molecule has 98 valence electrons. The highest BCUT2D eigenvalue weighted by atomic mass is 32.2. The number of hydrogen-bond acceptors (Lipinski definition) is 3. The van der Waals surface area contributed by atoms with E-state index in [2.05, 4.69) is 37.6 Å². The monoisotopic (exact) mass is 263 g/mol. The van der Waals surface area contributed by atoms with Gasteiger partial charge in [0.2, 0.25) is 0 Å². The zero-order valence-corrected chi connectivity index (χ0v) is 12.1. The van der Waals surface area contributed by atoms with Gasteiger partial charge in [-0.25, -0.2) is 0 Å². The first-order valence-electron chi connectivity index (χ1n) is 6.48. The van der Waals surface area contributed by atoms with Gasteiger partial charge in [-0.3, -0.25) is 0 Å². The Labute approximate surface area is 113 Å². The maximum absolute atomic E-state index is 5.88. The first-order chi connectivity index (χ1) is 8.74. The molecule has 2 aromatic rings. The molecule has 0 radical (unpaired) electrons. The van der Waals surface area contributed by atoms with E-state index in [1.165, 1.54) is 5.39 Å². The van der Waals surface area contributed by atoms with E-state index in [4.69, 9.17) is 4.42 Å². The summed E-state index contributed by atoms with van der Waals surface area (Å²) in [5, 5.41) is 4.81. The third-order valence-corrected chi connectivity index (χ3v) is 3.95. The number of thioether (sulfide) groups is 1. The molecule has 0 saturated carbocycles. The maximum atomic E-state index is 5.88. The van der Waals surface area contributed by atoms with Crippen LogP contribution in [0.3, 0.4) is 0 Å². The van der Waals surface area contributed by atoms with Crippen molar-refractivity contribution in [1.29, 1.82) is 0 Å². The van der Waals surface area contributed by atoms with E-state index in [1.54, 1.807) is 0 Å². The molecule has 2 nitrogen and oxygen atoms in total. The van der Waals surface area contributed by atoms with Gasteiger partial charge in [-0.2, -0.15) is 11.8 Å². The van der Waals surface area contributed by atoms with Crippen molar-refractivity contribution in [2.75, 3.05) is 12.0 Å². The van der Waals surface area contributed by atoms with Crippen LogP contribution in [0.4, 0.5) is 0 Å². The molecule has 2 atom stereocenters. The normalized spacial score (nSPS) is 14.8. The van der Waals surface area contributed by atoms with Gasteiger partial charge in [0.05, 0.1) is 6.04 Å². The van der Waals surface area contributed by atoms with Crippen molar-refractivity contribution < 1.29 is 4.42 Å². The molecule has 0 aliphatic carbocycles. The van der Waals surface area contributed by atoms with Crippen molar-refractivity contribution in [2.24, 2.45) is 0 Å². The fourth-order valence-corrected chi connectivity index (χ4v) is 2.87. The Balaban J connectivity index is 2.10. The molecule has 2 unspecified atom stereocenters. The molecular weight excluding hydrogens is 242 g/mol. The van der Waals surface area contributed by atoms with Gasteiger partial charge in [0.25, 0.3) is 0 Å². The van der Waals surface area contributed by atoms with Crippen LogP contribution in [0.25, 0.3) is 11.0 Å². The Kier molecular flexibility index (Phi) is 4.72. The molecule has 0 fully saturated rings. The van der Waals surface area contributed by atoms with Crippen molar-refractivity contribution in [3.63, 3.8) is 0 Å². The Hall–Kier alpha value is -0.930. The number of furan rings is 1. The fraction of sp³-hybridized carbons (Fsp3) is 0.467. The van der Waals surface area contributed by atoms with E-state index in [0.29, 0.717) is 6.04 Å². The summed E-state index contributed by atoms with van der Waals surface area (Å²) in [4.78, 5) is 0. The Morgan fingerprint density at radius 2 is 2.11 bits per heavy atom. The second kappa shape index (κ2) is 6.30. The number of fused-ring (bicyclic) bond motifs is 1. The van der Waals surface area contributed by atoms with Crippen LogP contribution < -0.4 is 5.32 Å². The molecule has 0 aliphatic rings. The lowest BCUT2D eigenvalue weighted by atomic mass is 10.2. The summed E-state index contributed by atoms with van der Waals surface area (Å²) < 4.78 is 5.88. The lowest BCUT2D eigenvalue weighted by Crippen LogP contribution is -2.32. The summed E-state index contributed by atoms with van der Waals surface area (Å²) in [5.41, 5.74) is 0.971. The van der Waals surface area contributed by atoms with Gasteiger partial charge in [0, 0.05) is 17.2 Å². The van der Waals surface area contributed by atoms with Gasteiger partial charge in [0.1, 0.15) is 11.3 Å². The first-order valence-corrected chi connectivity index (χ1v) is 7.87. The molecule has 0 bridgehead atoms. The molecule has 0 saturated heterocycles. The molecule has 2 rings (SSSR count). The summed E-state index contributed by atoms with van der Waals surface area (Å²) in [5.74, 6) is 2.16. The van der Waals surface area contributed by atoms with E-state index in [9.17, 15) is 0 Å². The second-order valence-electron chi connectivity index (χ2n) is 4.64. The second-order valence-corrected chi connectivity index (χ2v) is 5.55.